The van der Waals surface area contributed by atoms with E-state index in [1.54, 1.807) is 24.3 Å². The van der Waals surface area contributed by atoms with Crippen LogP contribution in [-0.2, 0) is 9.59 Å². The standard InChI is InChI=1S/C14H16ClNO3.C2H6/c1-2-9(8-17)12-7-13(18)16(14(12)19)11-5-3-4-10(15)6-11;1-2/h3-6,9,12,17H,2,7-8H2,1H3;1-2H3. The second-order valence-corrected chi connectivity index (χ2v) is 5.15. The molecule has 0 bridgehead atoms. The van der Waals surface area contributed by atoms with Crippen LogP contribution in [0.3, 0.4) is 0 Å². The van der Waals surface area contributed by atoms with Gasteiger partial charge in [-0.2, -0.15) is 0 Å². The van der Waals surface area contributed by atoms with Crippen LogP contribution in [0.4, 0.5) is 5.69 Å². The molecule has 0 radical (unpaired) electrons. The van der Waals surface area contributed by atoms with Crippen molar-refractivity contribution in [2.75, 3.05) is 11.5 Å². The molecule has 1 N–H and O–H groups in total. The molecule has 2 unspecified atom stereocenters. The van der Waals surface area contributed by atoms with E-state index in [-0.39, 0.29) is 30.8 Å². The average Bonchev–Trinajstić information content (AvgIpc) is 2.78. The van der Waals surface area contributed by atoms with E-state index in [4.69, 9.17) is 11.6 Å². The molecule has 0 aliphatic carbocycles. The summed E-state index contributed by atoms with van der Waals surface area (Å²) in [5, 5.41) is 9.77. The Hall–Kier alpha value is -1.39. The van der Waals surface area contributed by atoms with E-state index in [2.05, 4.69) is 0 Å². The molecule has 21 heavy (non-hydrogen) atoms. The lowest BCUT2D eigenvalue weighted by atomic mass is 9.89. The van der Waals surface area contributed by atoms with E-state index in [9.17, 15) is 14.7 Å². The molecule has 1 aliphatic rings. The number of aliphatic hydroxyl groups is 1. The number of hydrogen-bond donors (Lipinski definition) is 1. The number of imide groups is 1. The van der Waals surface area contributed by atoms with E-state index in [0.29, 0.717) is 17.1 Å². The lowest BCUT2D eigenvalue weighted by molar-refractivity contribution is -0.123. The highest BCUT2D eigenvalue weighted by Crippen LogP contribution is 2.33. The Bertz CT molecular complexity index is 500. The molecule has 2 amide bonds. The van der Waals surface area contributed by atoms with Crippen LogP contribution in [0.1, 0.15) is 33.6 Å². The van der Waals surface area contributed by atoms with Crippen LogP contribution in [0.15, 0.2) is 24.3 Å². The van der Waals surface area contributed by atoms with Gasteiger partial charge in [-0.1, -0.05) is 44.9 Å². The summed E-state index contributed by atoms with van der Waals surface area (Å²) in [7, 11) is 0. The van der Waals surface area contributed by atoms with Gasteiger partial charge in [0.2, 0.25) is 11.8 Å². The maximum Gasteiger partial charge on any atom is 0.237 e. The molecule has 1 aliphatic heterocycles. The quantitative estimate of drug-likeness (QED) is 0.868. The molecule has 4 nitrogen and oxygen atoms in total. The summed E-state index contributed by atoms with van der Waals surface area (Å²) in [5.41, 5.74) is 0.498. The first-order chi connectivity index (χ1) is 10.1. The maximum absolute atomic E-state index is 12.3. The largest absolute Gasteiger partial charge is 0.396 e. The first kappa shape index (κ1) is 17.7. The molecule has 1 aromatic carbocycles. The third-order valence-corrected chi connectivity index (χ3v) is 3.81. The predicted octanol–water partition coefficient (Wildman–Crippen LogP) is 3.26. The number of carbonyl (C=O) groups excluding carboxylic acids is 2. The first-order valence-corrected chi connectivity index (χ1v) is 7.69. The lowest BCUT2D eigenvalue weighted by Crippen LogP contribution is -2.32. The fraction of sp³-hybridized carbons (Fsp3) is 0.500. The summed E-state index contributed by atoms with van der Waals surface area (Å²) >= 11 is 5.88. The molecular weight excluding hydrogens is 290 g/mol. The monoisotopic (exact) mass is 311 g/mol. The molecule has 116 valence electrons. The average molecular weight is 312 g/mol. The van der Waals surface area contributed by atoms with Crippen LogP contribution in [0.25, 0.3) is 0 Å². The van der Waals surface area contributed by atoms with Crippen LogP contribution < -0.4 is 4.90 Å². The van der Waals surface area contributed by atoms with Crippen molar-refractivity contribution in [3.8, 4) is 0 Å². The van der Waals surface area contributed by atoms with Crippen LogP contribution in [0.5, 0.6) is 0 Å². The van der Waals surface area contributed by atoms with Crippen LogP contribution in [0, 0.1) is 11.8 Å². The molecule has 1 heterocycles. The number of halogens is 1. The normalized spacial score (nSPS) is 19.3. The maximum atomic E-state index is 12.3. The van der Waals surface area contributed by atoms with Crippen LogP contribution in [-0.4, -0.2) is 23.5 Å². The fourth-order valence-corrected chi connectivity index (χ4v) is 2.64. The SMILES string of the molecule is CC.CCC(CO)C1CC(=O)N(c2cccc(Cl)c2)C1=O. The highest BCUT2D eigenvalue weighted by Gasteiger charge is 2.42. The Morgan fingerprint density at radius 1 is 1.38 bits per heavy atom. The van der Waals surface area contributed by atoms with Gasteiger partial charge in [0.1, 0.15) is 0 Å². The molecular formula is C16H22ClNO3. The van der Waals surface area contributed by atoms with Crippen molar-refractivity contribution in [1.29, 1.82) is 0 Å². The van der Waals surface area contributed by atoms with Crippen LogP contribution >= 0.6 is 11.6 Å². The second kappa shape index (κ2) is 8.15. The smallest absolute Gasteiger partial charge is 0.237 e. The van der Waals surface area contributed by atoms with Gasteiger partial charge in [0.25, 0.3) is 0 Å². The molecule has 0 saturated carbocycles. The van der Waals surface area contributed by atoms with E-state index >= 15 is 0 Å². The molecule has 1 saturated heterocycles. The minimum absolute atomic E-state index is 0.0798. The summed E-state index contributed by atoms with van der Waals surface area (Å²) in [6, 6.07) is 6.68. The Morgan fingerprint density at radius 2 is 2.05 bits per heavy atom. The van der Waals surface area contributed by atoms with Gasteiger partial charge in [-0.25, -0.2) is 0 Å². The minimum Gasteiger partial charge on any atom is -0.396 e. The highest BCUT2D eigenvalue weighted by molar-refractivity contribution is 6.31. The number of anilines is 1. The van der Waals surface area contributed by atoms with Crippen molar-refractivity contribution in [3.63, 3.8) is 0 Å². The predicted molar refractivity (Wildman–Crippen MR) is 84.3 cm³/mol. The summed E-state index contributed by atoms with van der Waals surface area (Å²) in [6.07, 6.45) is 0.827. The number of aliphatic hydroxyl groups excluding tert-OH is 1. The van der Waals surface area contributed by atoms with E-state index in [0.717, 1.165) is 0 Å². The molecule has 0 spiro atoms. The summed E-state index contributed by atoms with van der Waals surface area (Å²) in [6.45, 7) is 5.82. The second-order valence-electron chi connectivity index (χ2n) is 4.71. The number of benzene rings is 1. The van der Waals surface area contributed by atoms with Crippen molar-refractivity contribution in [2.24, 2.45) is 11.8 Å². The van der Waals surface area contributed by atoms with Crippen molar-refractivity contribution >= 4 is 29.1 Å². The summed E-state index contributed by atoms with van der Waals surface area (Å²) in [4.78, 5) is 25.5. The Morgan fingerprint density at radius 3 is 2.57 bits per heavy atom. The van der Waals surface area contributed by atoms with E-state index in [1.165, 1.54) is 4.90 Å². The zero-order valence-corrected chi connectivity index (χ0v) is 13.4. The molecule has 1 fully saturated rings. The van der Waals surface area contributed by atoms with Gasteiger partial charge in [-0.3, -0.25) is 14.5 Å². The Labute approximate surface area is 130 Å². The third-order valence-electron chi connectivity index (χ3n) is 3.58. The summed E-state index contributed by atoms with van der Waals surface area (Å²) < 4.78 is 0. The lowest BCUT2D eigenvalue weighted by Gasteiger charge is -2.19. The first-order valence-electron chi connectivity index (χ1n) is 7.31. The topological polar surface area (TPSA) is 57.6 Å². The van der Waals surface area contributed by atoms with Gasteiger partial charge in [0.15, 0.2) is 0 Å². The molecule has 0 aromatic heterocycles. The fourth-order valence-electron chi connectivity index (χ4n) is 2.45. The van der Waals surface area contributed by atoms with Gasteiger partial charge in [-0.05, 0) is 24.1 Å². The zero-order valence-electron chi connectivity index (χ0n) is 12.7. The number of nitrogens with zero attached hydrogens (tertiary/aromatic N) is 1. The van der Waals surface area contributed by atoms with Gasteiger partial charge >= 0.3 is 0 Å². The van der Waals surface area contributed by atoms with Crippen molar-refractivity contribution in [1.82, 2.24) is 0 Å². The van der Waals surface area contributed by atoms with Gasteiger partial charge < -0.3 is 5.11 Å². The highest BCUT2D eigenvalue weighted by atomic mass is 35.5. The number of amides is 2. The number of hydrogen-bond acceptors (Lipinski definition) is 3. The van der Waals surface area contributed by atoms with Gasteiger partial charge in [0.05, 0.1) is 11.6 Å². The molecule has 2 atom stereocenters. The van der Waals surface area contributed by atoms with E-state index in [1.807, 2.05) is 20.8 Å². The molecule has 2 rings (SSSR count). The van der Waals surface area contributed by atoms with E-state index < -0.39 is 5.92 Å². The molecule has 1 aromatic rings. The Balaban J connectivity index is 0.00000106. The van der Waals surface area contributed by atoms with Gasteiger partial charge in [0, 0.05) is 18.1 Å². The Kier molecular flexibility index (Phi) is 6.85. The van der Waals surface area contributed by atoms with Crippen molar-refractivity contribution < 1.29 is 14.7 Å². The number of carbonyl (C=O) groups is 2. The van der Waals surface area contributed by atoms with Crippen molar-refractivity contribution in [2.45, 2.75) is 33.6 Å². The van der Waals surface area contributed by atoms with Gasteiger partial charge in [-0.15, -0.1) is 0 Å². The molecule has 5 heteroatoms. The summed E-state index contributed by atoms with van der Waals surface area (Å²) in [5.74, 6) is -1.07. The minimum atomic E-state index is -0.429. The van der Waals surface area contributed by atoms with Crippen molar-refractivity contribution in [3.05, 3.63) is 29.3 Å². The van der Waals surface area contributed by atoms with Crippen LogP contribution in [0.2, 0.25) is 5.02 Å². The zero-order chi connectivity index (χ0) is 16.0. The number of rotatable bonds is 4. The third kappa shape index (κ3) is 3.83.